The maximum atomic E-state index is 13.5. The predicted octanol–water partition coefficient (Wildman–Crippen LogP) is 5.12. The zero-order chi connectivity index (χ0) is 16.8. The number of aryl methyl sites for hydroxylation is 1. The van der Waals surface area contributed by atoms with Gasteiger partial charge in [-0.3, -0.25) is 9.78 Å². The molecule has 0 saturated carbocycles. The molecule has 8 heteroatoms. The third-order valence-electron chi connectivity index (χ3n) is 3.73. The maximum Gasteiger partial charge on any atom is 0.273 e. The Hall–Kier alpha value is -1.77. The van der Waals surface area contributed by atoms with Crippen LogP contribution in [0.1, 0.15) is 5.56 Å². The van der Waals surface area contributed by atoms with Crippen LogP contribution in [0.25, 0.3) is 32.5 Å². The van der Waals surface area contributed by atoms with Crippen LogP contribution < -0.4 is 5.56 Å². The second-order valence-electron chi connectivity index (χ2n) is 5.25. The van der Waals surface area contributed by atoms with E-state index < -0.39 is 5.56 Å². The summed E-state index contributed by atoms with van der Waals surface area (Å²) in [6, 6.07) is 7.31. The lowest BCUT2D eigenvalue weighted by Gasteiger charge is -2.10. The van der Waals surface area contributed by atoms with Gasteiger partial charge in [0.15, 0.2) is 18.2 Å². The second-order valence-corrected chi connectivity index (χ2v) is 7.62. The van der Waals surface area contributed by atoms with Gasteiger partial charge in [0.25, 0.3) is 5.56 Å². The Morgan fingerprint density at radius 2 is 2.17 bits per heavy atom. The van der Waals surface area contributed by atoms with Gasteiger partial charge in [0.05, 0.1) is 15.6 Å². The summed E-state index contributed by atoms with van der Waals surface area (Å²) in [6.45, 7) is 1.87. The molecule has 0 radical (unpaired) electrons. The van der Waals surface area contributed by atoms with E-state index in [4.69, 9.17) is 0 Å². The van der Waals surface area contributed by atoms with Crippen LogP contribution >= 0.6 is 39.6 Å². The Morgan fingerprint density at radius 1 is 1.33 bits per heavy atom. The summed E-state index contributed by atoms with van der Waals surface area (Å²) in [4.78, 5) is 21.6. The molecule has 0 atom stereocenters. The van der Waals surface area contributed by atoms with Crippen molar-refractivity contribution in [3.05, 3.63) is 56.2 Å². The molecule has 4 nitrogen and oxygen atoms in total. The van der Waals surface area contributed by atoms with Crippen molar-refractivity contribution in [2.75, 3.05) is 0 Å². The van der Waals surface area contributed by atoms with Gasteiger partial charge in [0.1, 0.15) is 5.69 Å². The number of hydrogen-bond acceptors (Lipinski definition) is 5. The van der Waals surface area contributed by atoms with E-state index in [0.29, 0.717) is 16.6 Å². The van der Waals surface area contributed by atoms with Crippen LogP contribution in [0.4, 0.5) is 3.89 Å². The van der Waals surface area contributed by atoms with E-state index in [2.05, 4.69) is 25.9 Å². The molecule has 24 heavy (non-hydrogen) atoms. The largest absolute Gasteiger partial charge is 0.273 e. The lowest BCUT2D eigenvalue weighted by Crippen LogP contribution is -2.19. The molecule has 0 unspecified atom stereocenters. The topological polar surface area (TPSA) is 47.8 Å². The number of fused-ring (bicyclic) bond motifs is 2. The Labute approximate surface area is 152 Å². The number of thiophene rings is 1. The number of nitrogens with zero attached hydrogens (tertiary/aromatic N) is 3. The highest BCUT2D eigenvalue weighted by molar-refractivity contribution is 9.10. The molecule has 4 aromatic rings. The Kier molecular flexibility index (Phi) is 3.90. The normalized spacial score (nSPS) is 11.5. The summed E-state index contributed by atoms with van der Waals surface area (Å²) in [7, 11) is 0. The van der Waals surface area contributed by atoms with Gasteiger partial charge in [-0.05, 0) is 47.5 Å². The second kappa shape index (κ2) is 5.94. The summed E-state index contributed by atoms with van der Waals surface area (Å²) in [5.41, 5.74) is 1.41. The smallest absolute Gasteiger partial charge is 0.268 e. The van der Waals surface area contributed by atoms with E-state index in [9.17, 15) is 8.68 Å². The van der Waals surface area contributed by atoms with E-state index in [1.807, 2.05) is 30.5 Å². The van der Waals surface area contributed by atoms with Crippen molar-refractivity contribution in [1.82, 2.24) is 13.9 Å². The number of hydrogen-bond donors (Lipinski definition) is 0. The van der Waals surface area contributed by atoms with Crippen LogP contribution in [0.15, 0.2) is 45.1 Å². The van der Waals surface area contributed by atoms with Crippen molar-refractivity contribution in [3.63, 3.8) is 0 Å². The monoisotopic (exact) mass is 421 g/mol. The maximum absolute atomic E-state index is 13.5. The molecular weight excluding hydrogens is 413 g/mol. The molecule has 1 aromatic carbocycles. The zero-order valence-corrected chi connectivity index (χ0v) is 15.5. The number of benzene rings is 1. The molecule has 4 rings (SSSR count). The van der Waals surface area contributed by atoms with E-state index in [1.54, 1.807) is 23.6 Å². The average molecular weight is 422 g/mol. The predicted molar refractivity (Wildman–Crippen MR) is 101 cm³/mol. The van der Waals surface area contributed by atoms with Crippen LogP contribution in [-0.4, -0.2) is 13.9 Å². The van der Waals surface area contributed by atoms with Crippen LogP contribution in [0, 0.1) is 6.92 Å². The zero-order valence-electron chi connectivity index (χ0n) is 12.3. The van der Waals surface area contributed by atoms with Crippen molar-refractivity contribution < 1.29 is 3.89 Å². The molecule has 0 saturated heterocycles. The molecule has 0 aliphatic carbocycles. The van der Waals surface area contributed by atoms with Gasteiger partial charge < -0.3 is 0 Å². The van der Waals surface area contributed by atoms with E-state index in [1.165, 1.54) is 0 Å². The van der Waals surface area contributed by atoms with Gasteiger partial charge in [-0.2, -0.15) is 0 Å². The molecule has 0 bridgehead atoms. The van der Waals surface area contributed by atoms with Crippen molar-refractivity contribution in [1.29, 1.82) is 0 Å². The number of rotatable bonds is 2. The standard InChI is InChI=1S/C16H9BrFN3OS2/c1-8-4-10(17)6-11-14(8)20-15(21(24-18)16(11)22)12-5-9-2-3-23-13(9)7-19-12/h2-7H,1H3. The Morgan fingerprint density at radius 3 is 2.96 bits per heavy atom. The van der Waals surface area contributed by atoms with Crippen LogP contribution in [0.3, 0.4) is 0 Å². The lowest BCUT2D eigenvalue weighted by atomic mass is 10.1. The molecule has 3 aromatic heterocycles. The third-order valence-corrected chi connectivity index (χ3v) is 5.53. The minimum absolute atomic E-state index is 0.160. The van der Waals surface area contributed by atoms with Gasteiger partial charge >= 0.3 is 0 Å². The molecule has 3 heterocycles. The van der Waals surface area contributed by atoms with Crippen molar-refractivity contribution >= 4 is 60.6 Å². The molecule has 120 valence electrons. The molecule has 0 aliphatic rings. The minimum Gasteiger partial charge on any atom is -0.268 e. The summed E-state index contributed by atoms with van der Waals surface area (Å²) in [5.74, 6) is 0.207. The molecule has 0 aliphatic heterocycles. The average Bonchev–Trinajstić information content (AvgIpc) is 3.03. The van der Waals surface area contributed by atoms with Crippen molar-refractivity contribution in [3.8, 4) is 11.5 Å². The summed E-state index contributed by atoms with van der Waals surface area (Å²) in [5, 5.41) is 3.32. The first-order chi connectivity index (χ1) is 11.6. The van der Waals surface area contributed by atoms with Crippen LogP contribution in [-0.2, 0) is 0 Å². The van der Waals surface area contributed by atoms with E-state index in [-0.39, 0.29) is 18.2 Å². The first kappa shape index (κ1) is 15.7. The van der Waals surface area contributed by atoms with E-state index >= 15 is 0 Å². The molecule has 0 N–H and O–H groups in total. The molecular formula is C16H9BrFN3OS2. The van der Waals surface area contributed by atoms with Gasteiger partial charge in [-0.1, -0.05) is 15.9 Å². The first-order valence-electron chi connectivity index (χ1n) is 6.94. The fourth-order valence-electron chi connectivity index (χ4n) is 2.62. The first-order valence-corrected chi connectivity index (χ1v) is 9.29. The van der Waals surface area contributed by atoms with Crippen LogP contribution in [0.2, 0.25) is 0 Å². The molecule has 0 fully saturated rings. The Balaban J connectivity index is 2.08. The van der Waals surface area contributed by atoms with Crippen molar-refractivity contribution in [2.24, 2.45) is 0 Å². The minimum atomic E-state index is -0.445. The van der Waals surface area contributed by atoms with Gasteiger partial charge in [-0.25, -0.2) is 8.96 Å². The molecule has 0 spiro atoms. The highest BCUT2D eigenvalue weighted by atomic mass is 79.9. The van der Waals surface area contributed by atoms with E-state index in [0.717, 1.165) is 24.1 Å². The SMILES string of the molecule is Cc1cc(Br)cc2c(=O)n(SF)c(-c3cc4ccsc4cn3)nc12. The van der Waals surface area contributed by atoms with Gasteiger partial charge in [0.2, 0.25) is 0 Å². The fourth-order valence-corrected chi connectivity index (χ4v) is 4.29. The summed E-state index contributed by atoms with van der Waals surface area (Å²) in [6.07, 6.45) is 1.72. The summed E-state index contributed by atoms with van der Waals surface area (Å²) < 4.78 is 16.2. The lowest BCUT2D eigenvalue weighted by molar-refractivity contribution is 0.903. The van der Waals surface area contributed by atoms with Crippen molar-refractivity contribution in [2.45, 2.75) is 6.92 Å². The quantitative estimate of drug-likeness (QED) is 0.450. The van der Waals surface area contributed by atoms with Gasteiger partial charge in [-0.15, -0.1) is 15.2 Å². The number of aromatic nitrogens is 3. The highest BCUT2D eigenvalue weighted by Gasteiger charge is 2.17. The number of halogens is 2. The number of pyridine rings is 1. The Bertz CT molecular complexity index is 1160. The highest BCUT2D eigenvalue weighted by Crippen LogP contribution is 2.28. The third kappa shape index (κ3) is 2.45. The summed E-state index contributed by atoms with van der Waals surface area (Å²) >= 11 is 4.78. The molecule has 0 amide bonds. The fraction of sp³-hybridized carbons (Fsp3) is 0.0625. The van der Waals surface area contributed by atoms with Crippen LogP contribution in [0.5, 0.6) is 0 Å². The van der Waals surface area contributed by atoms with Gasteiger partial charge in [0, 0.05) is 10.7 Å².